The standard InChI is InChI=1S/C20H29N3O4.H2/c1-14(24)15-5-6-18-17(11-15)21-19(25)23(18)16-7-9-22(10-8-16)12-26-13-27-20(2,3)4;/h5-6,11,16H,7-10,12-13H2,1-4H3,(H,21,25);1H. The highest BCUT2D eigenvalue weighted by molar-refractivity contribution is 5.97. The van der Waals surface area contributed by atoms with Gasteiger partial charge in [0.1, 0.15) is 13.5 Å². The molecule has 2 aromatic rings. The van der Waals surface area contributed by atoms with Crippen molar-refractivity contribution < 1.29 is 15.7 Å². The van der Waals surface area contributed by atoms with E-state index in [9.17, 15) is 9.59 Å². The third kappa shape index (κ3) is 4.86. The summed E-state index contributed by atoms with van der Waals surface area (Å²) in [6.07, 6.45) is 1.76. The Labute approximate surface area is 160 Å². The van der Waals surface area contributed by atoms with Crippen LogP contribution < -0.4 is 5.69 Å². The largest absolute Gasteiger partial charge is 0.350 e. The average Bonchev–Trinajstić information content (AvgIpc) is 2.93. The molecular formula is C20H31N3O4. The first-order chi connectivity index (χ1) is 12.7. The lowest BCUT2D eigenvalue weighted by molar-refractivity contribution is -0.143. The lowest BCUT2D eigenvalue weighted by Gasteiger charge is -2.32. The SMILES string of the molecule is CC(=O)c1ccc2c(c1)[nH]c(=O)n2C1CCN(COCOC(C)(C)C)CC1.[HH]. The molecule has 0 atom stereocenters. The predicted molar refractivity (Wildman–Crippen MR) is 106 cm³/mol. The molecule has 7 nitrogen and oxygen atoms in total. The van der Waals surface area contributed by atoms with Gasteiger partial charge in [0.2, 0.25) is 0 Å². The molecular weight excluding hydrogens is 346 g/mol. The number of imidazole rings is 1. The van der Waals surface area contributed by atoms with E-state index < -0.39 is 0 Å². The number of nitrogens with zero attached hydrogens (tertiary/aromatic N) is 2. The highest BCUT2D eigenvalue weighted by Crippen LogP contribution is 2.25. The number of likely N-dealkylation sites (tertiary alicyclic amines) is 1. The Morgan fingerprint density at radius 3 is 2.63 bits per heavy atom. The monoisotopic (exact) mass is 377 g/mol. The fraction of sp³-hybridized carbons (Fsp3) is 0.600. The zero-order valence-corrected chi connectivity index (χ0v) is 16.6. The molecule has 0 spiro atoms. The molecule has 0 radical (unpaired) electrons. The number of rotatable bonds is 6. The lowest BCUT2D eigenvalue weighted by atomic mass is 10.0. The van der Waals surface area contributed by atoms with Crippen LogP contribution in [0.15, 0.2) is 23.0 Å². The first-order valence-electron chi connectivity index (χ1n) is 9.44. The average molecular weight is 377 g/mol. The van der Waals surface area contributed by atoms with Crippen LogP contribution in [0.3, 0.4) is 0 Å². The Morgan fingerprint density at radius 1 is 1.30 bits per heavy atom. The van der Waals surface area contributed by atoms with E-state index in [4.69, 9.17) is 9.47 Å². The number of hydrogen-bond donors (Lipinski definition) is 1. The van der Waals surface area contributed by atoms with Gasteiger partial charge in [-0.05, 0) is 58.7 Å². The van der Waals surface area contributed by atoms with Crippen LogP contribution in [0.4, 0.5) is 0 Å². The molecule has 150 valence electrons. The van der Waals surface area contributed by atoms with Gasteiger partial charge in [-0.3, -0.25) is 14.3 Å². The first-order valence-corrected chi connectivity index (χ1v) is 9.44. The van der Waals surface area contributed by atoms with E-state index in [1.54, 1.807) is 12.1 Å². The number of piperidine rings is 1. The minimum Gasteiger partial charge on any atom is -0.350 e. The molecule has 1 aromatic heterocycles. The Balaban J connectivity index is 0.00000280. The fourth-order valence-electron chi connectivity index (χ4n) is 3.40. The van der Waals surface area contributed by atoms with Gasteiger partial charge in [0.15, 0.2) is 5.78 Å². The van der Waals surface area contributed by atoms with Crippen molar-refractivity contribution in [3.63, 3.8) is 0 Å². The van der Waals surface area contributed by atoms with E-state index >= 15 is 0 Å². The lowest BCUT2D eigenvalue weighted by Crippen LogP contribution is -2.38. The van der Waals surface area contributed by atoms with Gasteiger partial charge in [-0.1, -0.05) is 0 Å². The molecule has 1 N–H and O–H groups in total. The molecule has 0 bridgehead atoms. The summed E-state index contributed by atoms with van der Waals surface area (Å²) >= 11 is 0. The van der Waals surface area contributed by atoms with Gasteiger partial charge in [0.25, 0.3) is 0 Å². The first kappa shape index (κ1) is 19.8. The second-order valence-electron chi connectivity index (χ2n) is 8.15. The summed E-state index contributed by atoms with van der Waals surface area (Å²) < 4.78 is 13.0. The van der Waals surface area contributed by atoms with Crippen LogP contribution in [0.25, 0.3) is 11.0 Å². The summed E-state index contributed by atoms with van der Waals surface area (Å²) in [4.78, 5) is 29.1. The number of ketones is 1. The highest BCUT2D eigenvalue weighted by Gasteiger charge is 2.24. The van der Waals surface area contributed by atoms with Gasteiger partial charge in [0.05, 0.1) is 16.6 Å². The zero-order chi connectivity index (χ0) is 19.6. The van der Waals surface area contributed by atoms with Crippen LogP contribution in [-0.2, 0) is 9.47 Å². The number of H-pyrrole nitrogens is 1. The van der Waals surface area contributed by atoms with Crippen LogP contribution >= 0.6 is 0 Å². The van der Waals surface area contributed by atoms with E-state index in [2.05, 4.69) is 9.88 Å². The van der Waals surface area contributed by atoms with Crippen molar-refractivity contribution in [2.24, 2.45) is 0 Å². The van der Waals surface area contributed by atoms with Crippen LogP contribution in [-0.4, -0.2) is 52.4 Å². The van der Waals surface area contributed by atoms with Gasteiger partial charge < -0.3 is 14.5 Å². The smallest absolute Gasteiger partial charge is 0.326 e. The van der Waals surface area contributed by atoms with Gasteiger partial charge in [-0.25, -0.2) is 4.79 Å². The van der Waals surface area contributed by atoms with Gasteiger partial charge in [-0.2, -0.15) is 0 Å². The van der Waals surface area contributed by atoms with Crippen molar-refractivity contribution in [1.29, 1.82) is 0 Å². The van der Waals surface area contributed by atoms with Crippen LogP contribution in [0.5, 0.6) is 0 Å². The minimum atomic E-state index is -0.203. The highest BCUT2D eigenvalue weighted by atomic mass is 16.7. The van der Waals surface area contributed by atoms with Crippen molar-refractivity contribution in [3.8, 4) is 0 Å². The van der Waals surface area contributed by atoms with E-state index in [0.29, 0.717) is 12.3 Å². The third-order valence-electron chi connectivity index (χ3n) is 4.89. The van der Waals surface area contributed by atoms with E-state index in [1.807, 2.05) is 31.4 Å². The van der Waals surface area contributed by atoms with Crippen molar-refractivity contribution in [2.75, 3.05) is 26.6 Å². The van der Waals surface area contributed by atoms with Crippen LogP contribution in [0.1, 0.15) is 58.4 Å². The Bertz CT molecular complexity index is 860. The number of carbonyl (C=O) groups is 1. The molecule has 1 aliphatic rings. The minimum absolute atomic E-state index is 0. The summed E-state index contributed by atoms with van der Waals surface area (Å²) in [5, 5.41) is 0. The summed E-state index contributed by atoms with van der Waals surface area (Å²) in [6.45, 7) is 10.1. The number of benzene rings is 1. The van der Waals surface area contributed by atoms with Crippen LogP contribution in [0.2, 0.25) is 0 Å². The third-order valence-corrected chi connectivity index (χ3v) is 4.89. The number of aromatic amines is 1. The molecule has 1 saturated heterocycles. The van der Waals surface area contributed by atoms with Crippen molar-refractivity contribution in [1.82, 2.24) is 14.5 Å². The molecule has 7 heteroatoms. The molecule has 0 unspecified atom stereocenters. The van der Waals surface area contributed by atoms with Crippen molar-refractivity contribution >= 4 is 16.8 Å². The molecule has 1 aliphatic heterocycles. The maximum Gasteiger partial charge on any atom is 0.326 e. The zero-order valence-electron chi connectivity index (χ0n) is 16.6. The Hall–Kier alpha value is -1.96. The number of nitrogens with one attached hydrogen (secondary N) is 1. The fourth-order valence-corrected chi connectivity index (χ4v) is 3.40. The van der Waals surface area contributed by atoms with Crippen LogP contribution in [0, 0.1) is 0 Å². The molecule has 0 aliphatic carbocycles. The number of ether oxygens (including phenoxy) is 2. The Morgan fingerprint density at radius 2 is 2.00 bits per heavy atom. The Kier molecular flexibility index (Phi) is 5.83. The number of fused-ring (bicyclic) bond motifs is 1. The van der Waals surface area contributed by atoms with Gasteiger partial charge in [-0.15, -0.1) is 0 Å². The van der Waals surface area contributed by atoms with Gasteiger partial charge >= 0.3 is 5.69 Å². The summed E-state index contributed by atoms with van der Waals surface area (Å²) in [7, 11) is 0. The normalized spacial score (nSPS) is 16.9. The maximum atomic E-state index is 12.5. The molecule has 27 heavy (non-hydrogen) atoms. The second kappa shape index (κ2) is 7.96. The quantitative estimate of drug-likeness (QED) is 0.475. The van der Waals surface area contributed by atoms with E-state index in [1.165, 1.54) is 6.92 Å². The number of hydrogen-bond acceptors (Lipinski definition) is 5. The molecule has 1 aromatic carbocycles. The molecule has 0 saturated carbocycles. The number of Topliss-reactive ketones (excluding diaryl/α,β-unsaturated/α-hetero) is 1. The van der Waals surface area contributed by atoms with E-state index in [-0.39, 0.29) is 31.3 Å². The second-order valence-corrected chi connectivity index (χ2v) is 8.15. The summed E-state index contributed by atoms with van der Waals surface area (Å²) in [6, 6.07) is 5.56. The molecule has 2 heterocycles. The number of carbonyl (C=O) groups excluding carboxylic acids is 1. The molecule has 1 fully saturated rings. The summed E-state index contributed by atoms with van der Waals surface area (Å²) in [5.41, 5.74) is 1.88. The van der Waals surface area contributed by atoms with Crippen molar-refractivity contribution in [3.05, 3.63) is 34.2 Å². The maximum absolute atomic E-state index is 12.5. The van der Waals surface area contributed by atoms with E-state index in [0.717, 1.165) is 37.0 Å². The van der Waals surface area contributed by atoms with Crippen molar-refractivity contribution in [2.45, 2.75) is 52.2 Å². The van der Waals surface area contributed by atoms with Gasteiger partial charge in [0, 0.05) is 26.1 Å². The predicted octanol–water partition coefficient (Wildman–Crippen LogP) is 3.16. The topological polar surface area (TPSA) is 76.6 Å². The molecule has 0 amide bonds. The number of aromatic nitrogens is 2. The molecule has 3 rings (SSSR count). The summed E-state index contributed by atoms with van der Waals surface area (Å²) in [5.74, 6) is -0.00533.